The van der Waals surface area contributed by atoms with E-state index in [4.69, 9.17) is 0 Å². The Morgan fingerprint density at radius 3 is 2.82 bits per heavy atom. The monoisotopic (exact) mass is 298 g/mol. The Morgan fingerprint density at radius 1 is 1.64 bits per heavy atom. The van der Waals surface area contributed by atoms with Gasteiger partial charge in [-0.1, -0.05) is 0 Å². The minimum atomic E-state index is 0.880. The predicted octanol–water partition coefficient (Wildman–Crippen LogP) is 2.77. The molecule has 1 aromatic heterocycles. The summed E-state index contributed by atoms with van der Waals surface area (Å²) in [7, 11) is 0. The molecule has 0 N–H and O–H groups in total. The van der Waals surface area contributed by atoms with E-state index in [2.05, 4.69) is 43.2 Å². The summed E-state index contributed by atoms with van der Waals surface area (Å²) >= 11 is 8.53. The molecule has 0 aromatic carbocycles. The minimum Gasteiger partial charge on any atom is -0.257 e. The van der Waals surface area contributed by atoms with Crippen molar-refractivity contribution in [2.45, 2.75) is 6.54 Å². The molecule has 0 saturated heterocycles. The molecule has 0 spiro atoms. The highest BCUT2D eigenvalue weighted by atomic mass is 79.9. The normalized spacial score (nSPS) is 10.5. The van der Waals surface area contributed by atoms with Gasteiger partial charge >= 0.3 is 0 Å². The summed E-state index contributed by atoms with van der Waals surface area (Å²) < 4.78 is 3.84. The van der Waals surface area contributed by atoms with Crippen molar-refractivity contribution >= 4 is 43.6 Å². The van der Waals surface area contributed by atoms with E-state index in [1.165, 1.54) is 0 Å². The summed E-state index contributed by atoms with van der Waals surface area (Å²) in [6, 6.07) is 1.94. The van der Waals surface area contributed by atoms with Gasteiger partial charge in [-0.05, 0) is 38.1 Å². The largest absolute Gasteiger partial charge is 0.257 e. The lowest BCUT2D eigenvalue weighted by Crippen LogP contribution is -2.02. The molecule has 0 aliphatic rings. The zero-order chi connectivity index (χ0) is 8.27. The first-order valence-electron chi connectivity index (χ1n) is 3.12. The molecule has 2 nitrogen and oxygen atoms in total. The third-order valence-corrected chi connectivity index (χ3v) is 2.82. The second-order valence-corrected chi connectivity index (χ2v) is 4.62. The summed E-state index contributed by atoms with van der Waals surface area (Å²) in [6.45, 7) is 0.952. The van der Waals surface area contributed by atoms with Gasteiger partial charge in [0.2, 0.25) is 0 Å². The first kappa shape index (κ1) is 9.61. The maximum Gasteiger partial charge on any atom is 0.129 e. The van der Waals surface area contributed by atoms with Gasteiger partial charge in [-0.3, -0.25) is 4.68 Å². The van der Waals surface area contributed by atoms with E-state index in [1.807, 2.05) is 22.5 Å². The molecule has 1 rings (SSSR count). The molecule has 0 atom stereocenters. The second kappa shape index (κ2) is 4.52. The van der Waals surface area contributed by atoms with E-state index in [0.717, 1.165) is 21.5 Å². The molecule has 62 valence electrons. The van der Waals surface area contributed by atoms with E-state index >= 15 is 0 Å². The number of hydrogen-bond acceptors (Lipinski definition) is 2. The molecule has 0 amide bonds. The molecule has 0 fully saturated rings. The zero-order valence-corrected chi connectivity index (χ0v) is 10.0. The summed E-state index contributed by atoms with van der Waals surface area (Å²) in [5.74, 6) is 1.09. The van der Waals surface area contributed by atoms with Crippen molar-refractivity contribution in [3.63, 3.8) is 0 Å². The molecular weight excluding hydrogens is 292 g/mol. The molecule has 11 heavy (non-hydrogen) atoms. The Labute approximate surface area is 87.0 Å². The van der Waals surface area contributed by atoms with Gasteiger partial charge in [-0.15, -0.1) is 0 Å². The van der Waals surface area contributed by atoms with E-state index < -0.39 is 0 Å². The quantitative estimate of drug-likeness (QED) is 0.854. The van der Waals surface area contributed by atoms with Crippen molar-refractivity contribution in [2.24, 2.45) is 0 Å². The van der Waals surface area contributed by atoms with Gasteiger partial charge in [-0.25, -0.2) is 0 Å². The lowest BCUT2D eigenvalue weighted by atomic mass is 10.7. The third-order valence-electron chi connectivity index (χ3n) is 1.21. The Kier molecular flexibility index (Phi) is 3.95. The predicted molar refractivity (Wildman–Crippen MR) is 56.0 cm³/mol. The number of rotatable bonds is 3. The van der Waals surface area contributed by atoms with Crippen LogP contribution in [0.15, 0.2) is 15.3 Å². The van der Waals surface area contributed by atoms with E-state index in [1.54, 1.807) is 0 Å². The fraction of sp³-hybridized carbons (Fsp3) is 0.500. The van der Waals surface area contributed by atoms with Crippen LogP contribution in [0.5, 0.6) is 0 Å². The van der Waals surface area contributed by atoms with Gasteiger partial charge in [0.1, 0.15) is 9.21 Å². The van der Waals surface area contributed by atoms with Gasteiger partial charge in [0.15, 0.2) is 0 Å². The van der Waals surface area contributed by atoms with Gasteiger partial charge in [0.25, 0.3) is 0 Å². The van der Waals surface area contributed by atoms with Crippen LogP contribution in [0.25, 0.3) is 0 Å². The number of thioether (sulfide) groups is 1. The molecule has 1 heterocycles. The van der Waals surface area contributed by atoms with Crippen LogP contribution >= 0.6 is 43.6 Å². The maximum absolute atomic E-state index is 4.22. The number of nitrogens with zero attached hydrogens (tertiary/aromatic N) is 2. The molecule has 5 heteroatoms. The highest BCUT2D eigenvalue weighted by molar-refractivity contribution is 9.11. The maximum atomic E-state index is 4.22. The topological polar surface area (TPSA) is 17.8 Å². The number of halogens is 2. The fourth-order valence-corrected chi connectivity index (χ4v) is 2.24. The van der Waals surface area contributed by atoms with Gasteiger partial charge in [-0.2, -0.15) is 16.9 Å². The van der Waals surface area contributed by atoms with Gasteiger partial charge in [0, 0.05) is 11.8 Å². The first-order valence-corrected chi connectivity index (χ1v) is 6.10. The Bertz CT molecular complexity index is 236. The van der Waals surface area contributed by atoms with Crippen LogP contribution in [0, 0.1) is 0 Å². The van der Waals surface area contributed by atoms with Crippen molar-refractivity contribution in [2.75, 3.05) is 12.0 Å². The molecule has 0 radical (unpaired) electrons. The number of aromatic nitrogens is 2. The van der Waals surface area contributed by atoms with Crippen molar-refractivity contribution in [1.82, 2.24) is 9.78 Å². The third kappa shape index (κ3) is 2.80. The molecule has 0 unspecified atom stereocenters. The lowest BCUT2D eigenvalue weighted by molar-refractivity contribution is 0.648. The van der Waals surface area contributed by atoms with Crippen LogP contribution in [0.1, 0.15) is 0 Å². The van der Waals surface area contributed by atoms with Crippen LogP contribution < -0.4 is 0 Å². The number of hydrogen-bond donors (Lipinski definition) is 0. The molecule has 1 aromatic rings. The molecule has 0 aliphatic heterocycles. The average Bonchev–Trinajstić information content (AvgIpc) is 2.26. The summed E-state index contributed by atoms with van der Waals surface area (Å²) in [5.41, 5.74) is 0. The highest BCUT2D eigenvalue weighted by Crippen LogP contribution is 2.16. The Hall–Kier alpha value is 0.520. The van der Waals surface area contributed by atoms with Gasteiger partial charge < -0.3 is 0 Å². The average molecular weight is 300 g/mol. The van der Waals surface area contributed by atoms with Gasteiger partial charge in [0.05, 0.1) is 6.54 Å². The first-order chi connectivity index (χ1) is 5.24. The SMILES string of the molecule is CSCCn1nc(Br)cc1Br. The van der Waals surface area contributed by atoms with Crippen LogP contribution in [0.2, 0.25) is 0 Å². The zero-order valence-electron chi connectivity index (χ0n) is 6.05. The van der Waals surface area contributed by atoms with Crippen LogP contribution in [-0.2, 0) is 6.54 Å². The second-order valence-electron chi connectivity index (χ2n) is 2.01. The number of aryl methyl sites for hydroxylation is 1. The van der Waals surface area contributed by atoms with E-state index in [9.17, 15) is 0 Å². The van der Waals surface area contributed by atoms with Crippen molar-refractivity contribution in [3.8, 4) is 0 Å². The minimum absolute atomic E-state index is 0.880. The fourth-order valence-electron chi connectivity index (χ4n) is 0.699. The molecule has 0 bridgehead atoms. The highest BCUT2D eigenvalue weighted by Gasteiger charge is 2.00. The Balaban J connectivity index is 2.62. The van der Waals surface area contributed by atoms with E-state index in [-0.39, 0.29) is 0 Å². The van der Waals surface area contributed by atoms with Crippen molar-refractivity contribution in [1.29, 1.82) is 0 Å². The standard InChI is InChI=1S/C6H8Br2N2S/c1-11-3-2-10-6(8)4-5(7)9-10/h4H,2-3H2,1H3. The summed E-state index contributed by atoms with van der Waals surface area (Å²) in [5, 5.41) is 4.22. The lowest BCUT2D eigenvalue weighted by Gasteiger charge is -1.99. The molecule has 0 saturated carbocycles. The summed E-state index contributed by atoms with van der Waals surface area (Å²) in [4.78, 5) is 0. The van der Waals surface area contributed by atoms with Crippen molar-refractivity contribution < 1.29 is 0 Å². The Morgan fingerprint density at radius 2 is 2.36 bits per heavy atom. The van der Waals surface area contributed by atoms with Crippen molar-refractivity contribution in [3.05, 3.63) is 15.3 Å². The summed E-state index contributed by atoms with van der Waals surface area (Å²) in [6.07, 6.45) is 2.09. The molecule has 0 aliphatic carbocycles. The van der Waals surface area contributed by atoms with Crippen LogP contribution in [0.4, 0.5) is 0 Å². The molecular formula is C6H8Br2N2S. The van der Waals surface area contributed by atoms with Crippen LogP contribution in [0.3, 0.4) is 0 Å². The van der Waals surface area contributed by atoms with E-state index in [0.29, 0.717) is 0 Å². The van der Waals surface area contributed by atoms with Crippen LogP contribution in [-0.4, -0.2) is 21.8 Å². The smallest absolute Gasteiger partial charge is 0.129 e.